The van der Waals surface area contributed by atoms with E-state index in [4.69, 9.17) is 4.74 Å². The Morgan fingerprint density at radius 2 is 2.08 bits per heavy atom. The lowest BCUT2D eigenvalue weighted by atomic mass is 10.00. The van der Waals surface area contributed by atoms with Crippen LogP contribution in [0.1, 0.15) is 46.0 Å². The van der Waals surface area contributed by atoms with Crippen LogP contribution in [0.2, 0.25) is 0 Å². The van der Waals surface area contributed by atoms with E-state index < -0.39 is 5.54 Å². The molecular weight excluding hydrogens is 304 g/mol. The van der Waals surface area contributed by atoms with Crippen molar-refractivity contribution in [3.05, 3.63) is 0 Å². The summed E-state index contributed by atoms with van der Waals surface area (Å²) >= 11 is 0. The van der Waals surface area contributed by atoms with Crippen LogP contribution in [0.15, 0.2) is 0 Å². The van der Waals surface area contributed by atoms with E-state index in [0.29, 0.717) is 12.6 Å². The zero-order valence-corrected chi connectivity index (χ0v) is 15.2. The lowest BCUT2D eigenvalue weighted by Crippen LogP contribution is -2.56. The molecule has 0 unspecified atom stereocenters. The standard InChI is InChI=1S/C18H32N4O2/c1-3-16-13-21(9-10-22(16)11-12-24-4-2)14-17(23)20-18(15-19)7-5-6-8-18/h16H,3-14H2,1-2H3,(H,20,23)/t16-/m1/s1. The predicted octanol–water partition coefficient (Wildman–Crippen LogP) is 1.37. The molecule has 0 spiro atoms. The van der Waals surface area contributed by atoms with Crippen LogP contribution in [0.5, 0.6) is 0 Å². The monoisotopic (exact) mass is 336 g/mol. The quantitative estimate of drug-likeness (QED) is 0.678. The number of carbonyl (C=O) groups excluding carboxylic acids is 1. The summed E-state index contributed by atoms with van der Waals surface area (Å²) in [5.41, 5.74) is -0.611. The lowest BCUT2D eigenvalue weighted by molar-refractivity contribution is -0.124. The number of nitrogens with zero attached hydrogens (tertiary/aromatic N) is 3. The summed E-state index contributed by atoms with van der Waals surface area (Å²) in [5.74, 6) is -0.00364. The van der Waals surface area contributed by atoms with Gasteiger partial charge in [-0.25, -0.2) is 0 Å². The Morgan fingerprint density at radius 1 is 1.33 bits per heavy atom. The number of nitrogens with one attached hydrogen (secondary N) is 1. The summed E-state index contributed by atoms with van der Waals surface area (Å²) in [6.45, 7) is 9.91. The smallest absolute Gasteiger partial charge is 0.235 e. The fourth-order valence-electron chi connectivity index (χ4n) is 3.86. The van der Waals surface area contributed by atoms with Crippen molar-refractivity contribution in [1.29, 1.82) is 5.26 Å². The van der Waals surface area contributed by atoms with Crippen LogP contribution in [0, 0.1) is 11.3 Å². The third kappa shape index (κ3) is 5.17. The molecule has 6 heteroatoms. The van der Waals surface area contributed by atoms with Gasteiger partial charge in [0.05, 0.1) is 19.2 Å². The van der Waals surface area contributed by atoms with Gasteiger partial charge < -0.3 is 10.1 Å². The van der Waals surface area contributed by atoms with E-state index in [1.165, 1.54) is 0 Å². The molecule has 0 aromatic carbocycles. The number of nitriles is 1. The fourth-order valence-corrected chi connectivity index (χ4v) is 3.86. The molecule has 1 heterocycles. The average Bonchev–Trinajstić information content (AvgIpc) is 3.05. The van der Waals surface area contributed by atoms with E-state index in [2.05, 4.69) is 28.1 Å². The molecule has 0 aromatic rings. The average molecular weight is 336 g/mol. The Hall–Kier alpha value is -1.16. The molecule has 1 aliphatic heterocycles. The largest absolute Gasteiger partial charge is 0.380 e. The molecule has 0 radical (unpaired) electrons. The van der Waals surface area contributed by atoms with E-state index in [1.54, 1.807) is 0 Å². The highest BCUT2D eigenvalue weighted by molar-refractivity contribution is 5.79. The van der Waals surface area contributed by atoms with Gasteiger partial charge in [-0.05, 0) is 39.0 Å². The molecule has 2 rings (SSSR count). The van der Waals surface area contributed by atoms with Crippen molar-refractivity contribution >= 4 is 5.91 Å². The highest BCUT2D eigenvalue weighted by Crippen LogP contribution is 2.28. The van der Waals surface area contributed by atoms with Crippen LogP contribution >= 0.6 is 0 Å². The van der Waals surface area contributed by atoms with Crippen LogP contribution in [-0.2, 0) is 9.53 Å². The Labute approximate surface area is 146 Å². The van der Waals surface area contributed by atoms with Crippen molar-refractivity contribution in [3.63, 3.8) is 0 Å². The number of hydrogen-bond donors (Lipinski definition) is 1. The van der Waals surface area contributed by atoms with Crippen LogP contribution in [0.4, 0.5) is 0 Å². The summed E-state index contributed by atoms with van der Waals surface area (Å²) in [7, 11) is 0. The first kappa shape index (κ1) is 19.2. The van der Waals surface area contributed by atoms with Gasteiger partial charge in [-0.1, -0.05) is 6.92 Å². The maximum Gasteiger partial charge on any atom is 0.235 e. The normalized spacial score (nSPS) is 24.6. The van der Waals surface area contributed by atoms with Crippen molar-refractivity contribution in [2.24, 2.45) is 0 Å². The Kier molecular flexibility index (Phi) is 7.47. The van der Waals surface area contributed by atoms with Gasteiger partial charge in [0.25, 0.3) is 0 Å². The molecule has 1 amide bonds. The van der Waals surface area contributed by atoms with Crippen LogP contribution in [0.3, 0.4) is 0 Å². The van der Waals surface area contributed by atoms with E-state index >= 15 is 0 Å². The summed E-state index contributed by atoms with van der Waals surface area (Å²) in [5, 5.41) is 12.4. The topological polar surface area (TPSA) is 68.6 Å². The van der Waals surface area contributed by atoms with E-state index in [-0.39, 0.29) is 5.91 Å². The molecule has 136 valence electrons. The molecule has 1 aliphatic carbocycles. The van der Waals surface area contributed by atoms with Crippen LogP contribution in [0.25, 0.3) is 0 Å². The third-order valence-electron chi connectivity index (χ3n) is 5.30. The summed E-state index contributed by atoms with van der Waals surface area (Å²) in [6, 6.07) is 2.80. The molecule has 0 bridgehead atoms. The molecule has 1 saturated carbocycles. The number of rotatable bonds is 8. The number of piperazine rings is 1. The molecular formula is C18H32N4O2. The molecule has 2 aliphatic rings. The van der Waals surface area contributed by atoms with E-state index in [0.717, 1.165) is 71.5 Å². The van der Waals surface area contributed by atoms with Gasteiger partial charge in [0, 0.05) is 38.8 Å². The van der Waals surface area contributed by atoms with Gasteiger partial charge in [-0.3, -0.25) is 14.6 Å². The zero-order valence-electron chi connectivity index (χ0n) is 15.2. The second-order valence-corrected chi connectivity index (χ2v) is 6.98. The van der Waals surface area contributed by atoms with Crippen molar-refractivity contribution in [2.75, 3.05) is 45.9 Å². The van der Waals surface area contributed by atoms with E-state index in [1.807, 2.05) is 6.92 Å². The molecule has 0 aromatic heterocycles. The second-order valence-electron chi connectivity index (χ2n) is 6.98. The van der Waals surface area contributed by atoms with Crippen molar-refractivity contribution in [1.82, 2.24) is 15.1 Å². The van der Waals surface area contributed by atoms with Crippen LogP contribution in [-0.4, -0.2) is 73.2 Å². The van der Waals surface area contributed by atoms with Gasteiger partial charge >= 0.3 is 0 Å². The summed E-state index contributed by atoms with van der Waals surface area (Å²) < 4.78 is 5.47. The maximum atomic E-state index is 12.4. The number of ether oxygens (including phenoxy) is 1. The number of carbonyl (C=O) groups is 1. The Bertz CT molecular complexity index is 443. The molecule has 1 atom stereocenters. The van der Waals surface area contributed by atoms with E-state index in [9.17, 15) is 10.1 Å². The van der Waals surface area contributed by atoms with Gasteiger partial charge in [-0.15, -0.1) is 0 Å². The van der Waals surface area contributed by atoms with Gasteiger partial charge in [0.1, 0.15) is 5.54 Å². The Morgan fingerprint density at radius 3 is 2.71 bits per heavy atom. The highest BCUT2D eigenvalue weighted by atomic mass is 16.5. The minimum absolute atomic E-state index is 0.00364. The van der Waals surface area contributed by atoms with Crippen molar-refractivity contribution in [3.8, 4) is 6.07 Å². The summed E-state index contributed by atoms with van der Waals surface area (Å²) in [6.07, 6.45) is 4.72. The fraction of sp³-hybridized carbons (Fsp3) is 0.889. The molecule has 1 saturated heterocycles. The molecule has 1 N–H and O–H groups in total. The van der Waals surface area contributed by atoms with Crippen LogP contribution < -0.4 is 5.32 Å². The maximum absolute atomic E-state index is 12.4. The van der Waals surface area contributed by atoms with Crippen molar-refractivity contribution in [2.45, 2.75) is 57.5 Å². The predicted molar refractivity (Wildman–Crippen MR) is 93.5 cm³/mol. The van der Waals surface area contributed by atoms with Gasteiger partial charge in [0.2, 0.25) is 5.91 Å². The first-order chi connectivity index (χ1) is 11.6. The highest BCUT2D eigenvalue weighted by Gasteiger charge is 2.36. The van der Waals surface area contributed by atoms with Gasteiger partial charge in [0.15, 0.2) is 0 Å². The van der Waals surface area contributed by atoms with Gasteiger partial charge in [-0.2, -0.15) is 5.26 Å². The van der Waals surface area contributed by atoms with Crippen molar-refractivity contribution < 1.29 is 9.53 Å². The third-order valence-corrected chi connectivity index (χ3v) is 5.30. The minimum atomic E-state index is -0.611. The lowest BCUT2D eigenvalue weighted by Gasteiger charge is -2.41. The SMILES string of the molecule is CCOCCN1CCN(CC(=O)NC2(C#N)CCCC2)C[C@H]1CC. The first-order valence-corrected chi connectivity index (χ1v) is 9.39. The number of hydrogen-bond acceptors (Lipinski definition) is 5. The first-order valence-electron chi connectivity index (χ1n) is 9.39. The molecule has 24 heavy (non-hydrogen) atoms. The Balaban J connectivity index is 1.79. The minimum Gasteiger partial charge on any atom is -0.380 e. The molecule has 2 fully saturated rings. The second kappa shape index (κ2) is 9.36. The molecule has 6 nitrogen and oxygen atoms in total. The summed E-state index contributed by atoms with van der Waals surface area (Å²) in [4.78, 5) is 17.1. The number of amides is 1. The zero-order chi connectivity index (χ0) is 17.4.